The Labute approximate surface area is 301 Å². The molecule has 0 aliphatic carbocycles. The van der Waals surface area contributed by atoms with E-state index >= 15 is 0 Å². The average Bonchev–Trinajstić information content (AvgIpc) is 3.58. The van der Waals surface area contributed by atoms with Gasteiger partial charge in [-0.2, -0.15) is 0 Å². The van der Waals surface area contributed by atoms with Gasteiger partial charge in [-0.15, -0.1) is 0 Å². The molecule has 2 aromatic heterocycles. The zero-order chi connectivity index (χ0) is 34.4. The van der Waals surface area contributed by atoms with Crippen molar-refractivity contribution in [3.8, 4) is 33.4 Å². The summed E-state index contributed by atoms with van der Waals surface area (Å²) in [5.41, 5.74) is 12.6. The lowest BCUT2D eigenvalue weighted by molar-refractivity contribution is 0.656. The van der Waals surface area contributed by atoms with E-state index in [4.69, 9.17) is 9.40 Å². The second kappa shape index (κ2) is 12.4. The van der Waals surface area contributed by atoms with Crippen LogP contribution >= 0.6 is 0 Å². The lowest BCUT2D eigenvalue weighted by atomic mass is 9.90. The van der Waals surface area contributed by atoms with E-state index in [9.17, 15) is 0 Å². The summed E-state index contributed by atoms with van der Waals surface area (Å²) in [5, 5.41) is 5.64. The van der Waals surface area contributed by atoms with E-state index in [1.807, 2.05) is 18.2 Å². The van der Waals surface area contributed by atoms with Gasteiger partial charge in [0.2, 0.25) is 5.71 Å². The van der Waals surface area contributed by atoms with Crippen LogP contribution in [0.4, 0.5) is 17.1 Å². The van der Waals surface area contributed by atoms with Crippen molar-refractivity contribution in [1.82, 2.24) is 4.98 Å². The highest BCUT2D eigenvalue weighted by Crippen LogP contribution is 2.43. The third-order valence-electron chi connectivity index (χ3n) is 10.1. The summed E-state index contributed by atoms with van der Waals surface area (Å²) in [5.74, 6) is 0. The Hall–Kier alpha value is -6.97. The fourth-order valence-corrected chi connectivity index (χ4v) is 7.53. The van der Waals surface area contributed by atoms with Crippen LogP contribution in [0.25, 0.3) is 77.1 Å². The van der Waals surface area contributed by atoms with Crippen molar-refractivity contribution in [2.45, 2.75) is 0 Å². The molecule has 0 aliphatic heterocycles. The van der Waals surface area contributed by atoms with Gasteiger partial charge in [-0.05, 0) is 92.7 Å². The Bertz CT molecular complexity index is 2890. The van der Waals surface area contributed by atoms with Gasteiger partial charge >= 0.3 is 0 Å². The van der Waals surface area contributed by atoms with E-state index in [1.54, 1.807) is 0 Å². The second-order valence-electron chi connectivity index (χ2n) is 13.2. The Morgan fingerprint density at radius 2 is 1.00 bits per heavy atom. The van der Waals surface area contributed by atoms with Crippen LogP contribution in [-0.4, -0.2) is 4.98 Å². The summed E-state index contributed by atoms with van der Waals surface area (Å²) in [4.78, 5) is 7.39. The fraction of sp³-hybridized carbons (Fsp3) is 0. The van der Waals surface area contributed by atoms with Crippen molar-refractivity contribution in [3.05, 3.63) is 194 Å². The van der Waals surface area contributed by atoms with Crippen LogP contribution in [0, 0.1) is 0 Å². The molecule has 0 saturated heterocycles. The van der Waals surface area contributed by atoms with Crippen LogP contribution in [-0.2, 0) is 0 Å². The molecule has 3 nitrogen and oxygen atoms in total. The summed E-state index contributed by atoms with van der Waals surface area (Å²) < 4.78 is 6.21. The number of aromatic nitrogens is 1. The zero-order valence-electron chi connectivity index (χ0n) is 28.3. The molecule has 52 heavy (non-hydrogen) atoms. The lowest BCUT2D eigenvalue weighted by Gasteiger charge is -2.27. The molecule has 10 rings (SSSR count). The molecule has 10 aromatic rings. The van der Waals surface area contributed by atoms with Crippen molar-refractivity contribution in [2.75, 3.05) is 4.90 Å². The third kappa shape index (κ3) is 5.19. The molecule has 3 heteroatoms. The van der Waals surface area contributed by atoms with Crippen LogP contribution in [0.1, 0.15) is 0 Å². The van der Waals surface area contributed by atoms with Gasteiger partial charge in [0.1, 0.15) is 5.58 Å². The maximum atomic E-state index is 6.21. The van der Waals surface area contributed by atoms with Gasteiger partial charge in [-0.3, -0.25) is 0 Å². The number of hydrogen-bond donors (Lipinski definition) is 0. The first-order valence-electron chi connectivity index (χ1n) is 17.6. The van der Waals surface area contributed by atoms with E-state index in [-0.39, 0.29) is 0 Å². The van der Waals surface area contributed by atoms with E-state index in [0.29, 0.717) is 5.71 Å². The highest BCUT2D eigenvalue weighted by molar-refractivity contribution is 6.08. The summed E-state index contributed by atoms with van der Waals surface area (Å²) in [6.45, 7) is 0. The molecule has 0 unspecified atom stereocenters. The predicted octanol–water partition coefficient (Wildman–Crippen LogP) is 13.8. The molecule has 0 bridgehead atoms. The first kappa shape index (κ1) is 29.9. The number of furan rings is 1. The lowest BCUT2D eigenvalue weighted by Crippen LogP contribution is -2.10. The third-order valence-corrected chi connectivity index (χ3v) is 10.1. The molecule has 0 saturated carbocycles. The highest BCUT2D eigenvalue weighted by Gasteiger charge is 2.19. The predicted molar refractivity (Wildman–Crippen MR) is 218 cm³/mol. The largest absolute Gasteiger partial charge is 0.438 e. The van der Waals surface area contributed by atoms with Crippen LogP contribution in [0.5, 0.6) is 0 Å². The number of pyridine rings is 1. The minimum Gasteiger partial charge on any atom is -0.438 e. The van der Waals surface area contributed by atoms with Crippen molar-refractivity contribution in [3.63, 3.8) is 0 Å². The quantitative estimate of drug-likeness (QED) is 0.177. The molecule has 0 amide bonds. The number of benzene rings is 8. The molecule has 0 radical (unpaired) electrons. The molecule has 0 N–H and O–H groups in total. The summed E-state index contributed by atoms with van der Waals surface area (Å²) in [6, 6.07) is 69.0. The minimum atomic E-state index is 0.649. The number of anilines is 3. The van der Waals surface area contributed by atoms with Crippen molar-refractivity contribution < 1.29 is 4.42 Å². The first-order chi connectivity index (χ1) is 25.8. The number of hydrogen-bond acceptors (Lipinski definition) is 3. The standard InChI is InChI=1S/C49H32N2O/c1-3-12-33(13-4-1)34-22-25-38(26-23-34)51(40-27-24-37-30-46-44-19-9-10-21-48(44)52-49(46)50-47(37)32-40)39-28-29-43(45(31-39)36-14-5-2-6-15-36)42-20-11-17-35-16-7-8-18-41(35)42/h1-32H. The first-order valence-corrected chi connectivity index (χ1v) is 17.6. The van der Waals surface area contributed by atoms with Gasteiger partial charge in [0.05, 0.1) is 5.52 Å². The average molecular weight is 665 g/mol. The number of fused-ring (bicyclic) bond motifs is 5. The maximum absolute atomic E-state index is 6.21. The van der Waals surface area contributed by atoms with Gasteiger partial charge in [0, 0.05) is 33.2 Å². The van der Waals surface area contributed by atoms with E-state index in [1.165, 1.54) is 44.2 Å². The van der Waals surface area contributed by atoms with Gasteiger partial charge in [0.25, 0.3) is 0 Å². The molecular weight excluding hydrogens is 633 g/mol. The molecule has 8 aromatic carbocycles. The number of nitrogens with zero attached hydrogens (tertiary/aromatic N) is 2. The summed E-state index contributed by atoms with van der Waals surface area (Å²) in [7, 11) is 0. The normalized spacial score (nSPS) is 11.5. The maximum Gasteiger partial charge on any atom is 0.227 e. The molecule has 0 spiro atoms. The number of rotatable bonds is 6. The van der Waals surface area contributed by atoms with Gasteiger partial charge in [-0.1, -0.05) is 146 Å². The fourth-order valence-electron chi connectivity index (χ4n) is 7.53. The van der Waals surface area contributed by atoms with E-state index in [0.717, 1.165) is 44.3 Å². The Balaban J connectivity index is 1.17. The van der Waals surface area contributed by atoms with E-state index in [2.05, 4.69) is 181 Å². The zero-order valence-corrected chi connectivity index (χ0v) is 28.3. The van der Waals surface area contributed by atoms with Crippen molar-refractivity contribution >= 4 is 60.8 Å². The van der Waals surface area contributed by atoms with Crippen LogP contribution < -0.4 is 4.90 Å². The molecular formula is C49H32N2O. The topological polar surface area (TPSA) is 29.3 Å². The molecule has 2 heterocycles. The summed E-state index contributed by atoms with van der Waals surface area (Å²) in [6.07, 6.45) is 0. The van der Waals surface area contributed by atoms with Crippen molar-refractivity contribution in [1.29, 1.82) is 0 Å². The van der Waals surface area contributed by atoms with Gasteiger partial charge in [0.15, 0.2) is 0 Å². The monoisotopic (exact) mass is 664 g/mol. The minimum absolute atomic E-state index is 0.649. The van der Waals surface area contributed by atoms with Crippen LogP contribution in [0.3, 0.4) is 0 Å². The Morgan fingerprint density at radius 3 is 1.83 bits per heavy atom. The van der Waals surface area contributed by atoms with Crippen LogP contribution in [0.15, 0.2) is 199 Å². The van der Waals surface area contributed by atoms with Crippen molar-refractivity contribution in [2.24, 2.45) is 0 Å². The second-order valence-corrected chi connectivity index (χ2v) is 13.2. The SMILES string of the molecule is c1ccc(-c2ccc(N(c3ccc(-c4cccc5ccccc45)c(-c4ccccc4)c3)c3ccc4cc5c(nc4c3)oc3ccccc35)cc2)cc1. The molecule has 0 aliphatic rings. The molecule has 0 atom stereocenters. The summed E-state index contributed by atoms with van der Waals surface area (Å²) >= 11 is 0. The Kier molecular flexibility index (Phi) is 7.14. The van der Waals surface area contributed by atoms with Gasteiger partial charge in [-0.25, -0.2) is 4.98 Å². The van der Waals surface area contributed by atoms with Gasteiger partial charge < -0.3 is 9.32 Å². The molecule has 244 valence electrons. The van der Waals surface area contributed by atoms with Crippen LogP contribution in [0.2, 0.25) is 0 Å². The van der Waals surface area contributed by atoms with E-state index < -0.39 is 0 Å². The number of para-hydroxylation sites is 1. The smallest absolute Gasteiger partial charge is 0.227 e. The highest BCUT2D eigenvalue weighted by atomic mass is 16.3. The Morgan fingerprint density at radius 1 is 0.365 bits per heavy atom. The molecule has 0 fully saturated rings.